The maximum absolute atomic E-state index is 10.2. The Kier molecular flexibility index (Phi) is 3.43. The van der Waals surface area contributed by atoms with Gasteiger partial charge in [-0.05, 0) is 24.4 Å². The smallest absolute Gasteiger partial charge is 0.101 e. The highest BCUT2D eigenvalue weighted by Gasteiger charge is 2.23. The number of rotatable bonds is 4. The van der Waals surface area contributed by atoms with Crippen LogP contribution < -0.4 is 5.73 Å². The Hall–Kier alpha value is -1.10. The van der Waals surface area contributed by atoms with Crippen LogP contribution in [0.5, 0.6) is 0 Å². The maximum Gasteiger partial charge on any atom is 0.101 e. The molecule has 86 valence electrons. The second-order valence-electron chi connectivity index (χ2n) is 3.79. The molecule has 2 rings (SSSR count). The van der Waals surface area contributed by atoms with Crippen LogP contribution in [0, 0.1) is 6.92 Å². The second kappa shape index (κ2) is 4.82. The summed E-state index contributed by atoms with van der Waals surface area (Å²) < 4.78 is 5.20. The van der Waals surface area contributed by atoms with E-state index in [4.69, 9.17) is 10.2 Å². The number of aliphatic hydroxyl groups is 1. The Bertz CT molecular complexity index is 436. The summed E-state index contributed by atoms with van der Waals surface area (Å²) in [4.78, 5) is 1.11. The molecule has 0 bridgehead atoms. The largest absolute Gasteiger partial charge is 0.469 e. The zero-order valence-corrected chi connectivity index (χ0v) is 9.91. The molecule has 0 spiro atoms. The van der Waals surface area contributed by atoms with Gasteiger partial charge in [0, 0.05) is 22.9 Å². The standard InChI is InChI=1S/C12H15NO2S/c1-8-5-9(7-15-8)12(14)10(6-13)11-3-2-4-16-11/h2-5,7,10,12,14H,6,13H2,1H3. The summed E-state index contributed by atoms with van der Waals surface area (Å²) in [6.45, 7) is 2.28. The molecule has 0 amide bonds. The fourth-order valence-electron chi connectivity index (χ4n) is 1.75. The van der Waals surface area contributed by atoms with Crippen LogP contribution in [0.1, 0.15) is 28.2 Å². The van der Waals surface area contributed by atoms with Crippen molar-refractivity contribution in [1.29, 1.82) is 0 Å². The average Bonchev–Trinajstić information content (AvgIpc) is 2.90. The van der Waals surface area contributed by atoms with Gasteiger partial charge in [0.25, 0.3) is 0 Å². The van der Waals surface area contributed by atoms with Crippen LogP contribution in [0.2, 0.25) is 0 Å². The van der Waals surface area contributed by atoms with Gasteiger partial charge in [0.15, 0.2) is 0 Å². The number of thiophene rings is 1. The average molecular weight is 237 g/mol. The third-order valence-corrected chi connectivity index (χ3v) is 3.64. The molecule has 0 saturated heterocycles. The van der Waals surface area contributed by atoms with E-state index in [1.165, 1.54) is 0 Å². The van der Waals surface area contributed by atoms with Crippen molar-refractivity contribution < 1.29 is 9.52 Å². The van der Waals surface area contributed by atoms with Crippen molar-refractivity contribution in [3.63, 3.8) is 0 Å². The van der Waals surface area contributed by atoms with Gasteiger partial charge < -0.3 is 15.3 Å². The van der Waals surface area contributed by atoms with Crippen LogP contribution in [0.4, 0.5) is 0 Å². The van der Waals surface area contributed by atoms with Gasteiger partial charge in [0.1, 0.15) is 5.76 Å². The van der Waals surface area contributed by atoms with Gasteiger partial charge in [-0.1, -0.05) is 6.07 Å². The highest BCUT2D eigenvalue weighted by Crippen LogP contribution is 2.33. The predicted molar refractivity (Wildman–Crippen MR) is 64.5 cm³/mol. The molecule has 2 atom stereocenters. The van der Waals surface area contributed by atoms with Gasteiger partial charge in [0.2, 0.25) is 0 Å². The Morgan fingerprint density at radius 2 is 2.38 bits per heavy atom. The number of aryl methyl sites for hydroxylation is 1. The van der Waals surface area contributed by atoms with E-state index >= 15 is 0 Å². The lowest BCUT2D eigenvalue weighted by molar-refractivity contribution is 0.148. The third kappa shape index (κ3) is 2.19. The zero-order chi connectivity index (χ0) is 11.5. The number of hydrogen-bond acceptors (Lipinski definition) is 4. The van der Waals surface area contributed by atoms with Gasteiger partial charge in [-0.25, -0.2) is 0 Å². The summed E-state index contributed by atoms with van der Waals surface area (Å²) in [5.74, 6) is 0.744. The maximum atomic E-state index is 10.2. The SMILES string of the molecule is Cc1cc(C(O)C(CN)c2cccs2)co1. The van der Waals surface area contributed by atoms with Crippen LogP contribution in [-0.2, 0) is 0 Å². The van der Waals surface area contributed by atoms with Crippen molar-refractivity contribution in [3.05, 3.63) is 46.0 Å². The Morgan fingerprint density at radius 3 is 2.88 bits per heavy atom. The monoisotopic (exact) mass is 237 g/mol. The first-order valence-corrected chi connectivity index (χ1v) is 6.07. The third-order valence-electron chi connectivity index (χ3n) is 2.64. The molecule has 4 heteroatoms. The molecule has 0 aliphatic carbocycles. The fourth-order valence-corrected chi connectivity index (χ4v) is 2.63. The van der Waals surface area contributed by atoms with E-state index in [1.807, 2.05) is 30.5 Å². The molecule has 0 aliphatic heterocycles. The lowest BCUT2D eigenvalue weighted by Gasteiger charge is -2.18. The van der Waals surface area contributed by atoms with Gasteiger partial charge in [0.05, 0.1) is 12.4 Å². The van der Waals surface area contributed by atoms with Crippen molar-refractivity contribution in [3.8, 4) is 0 Å². The number of furan rings is 1. The highest BCUT2D eigenvalue weighted by atomic mass is 32.1. The molecule has 2 unspecified atom stereocenters. The first kappa shape index (κ1) is 11.4. The molecule has 0 aliphatic rings. The summed E-state index contributed by atoms with van der Waals surface area (Å²) in [5.41, 5.74) is 6.52. The van der Waals surface area contributed by atoms with Crippen molar-refractivity contribution in [2.45, 2.75) is 18.9 Å². The summed E-state index contributed by atoms with van der Waals surface area (Å²) in [6.07, 6.45) is 0.997. The van der Waals surface area contributed by atoms with Gasteiger partial charge in [-0.2, -0.15) is 0 Å². The van der Waals surface area contributed by atoms with E-state index in [2.05, 4.69) is 0 Å². The number of aliphatic hydroxyl groups excluding tert-OH is 1. The molecule has 3 N–H and O–H groups in total. The molecule has 0 radical (unpaired) electrons. The fraction of sp³-hybridized carbons (Fsp3) is 0.333. The summed E-state index contributed by atoms with van der Waals surface area (Å²) >= 11 is 1.61. The van der Waals surface area contributed by atoms with Crippen molar-refractivity contribution in [1.82, 2.24) is 0 Å². The topological polar surface area (TPSA) is 59.4 Å². The molecule has 0 aromatic carbocycles. The summed E-state index contributed by atoms with van der Waals surface area (Å²) in [5, 5.41) is 12.2. The van der Waals surface area contributed by atoms with Crippen LogP contribution in [0.25, 0.3) is 0 Å². The van der Waals surface area contributed by atoms with Crippen molar-refractivity contribution in [2.75, 3.05) is 6.54 Å². The minimum atomic E-state index is -0.596. The Balaban J connectivity index is 2.22. The number of nitrogens with two attached hydrogens (primary N) is 1. The van der Waals surface area contributed by atoms with Gasteiger partial charge in [-0.3, -0.25) is 0 Å². The normalized spacial score (nSPS) is 14.9. The summed E-state index contributed by atoms with van der Waals surface area (Å²) in [7, 11) is 0. The molecule has 3 nitrogen and oxygen atoms in total. The molecular weight excluding hydrogens is 222 g/mol. The number of hydrogen-bond donors (Lipinski definition) is 2. The molecule has 0 fully saturated rings. The molecule has 0 saturated carbocycles. The minimum Gasteiger partial charge on any atom is -0.469 e. The molecule has 16 heavy (non-hydrogen) atoms. The summed E-state index contributed by atoms with van der Waals surface area (Å²) in [6, 6.07) is 5.81. The van der Waals surface area contributed by atoms with Crippen LogP contribution in [-0.4, -0.2) is 11.7 Å². The van der Waals surface area contributed by atoms with Crippen LogP contribution >= 0.6 is 11.3 Å². The lowest BCUT2D eigenvalue weighted by atomic mass is 9.96. The molecule has 2 aromatic heterocycles. The van der Waals surface area contributed by atoms with Crippen molar-refractivity contribution >= 4 is 11.3 Å². The van der Waals surface area contributed by atoms with Crippen LogP contribution in [0.3, 0.4) is 0 Å². The molecule has 2 heterocycles. The van der Waals surface area contributed by atoms with E-state index in [0.717, 1.165) is 16.2 Å². The van der Waals surface area contributed by atoms with E-state index in [0.29, 0.717) is 6.54 Å². The highest BCUT2D eigenvalue weighted by molar-refractivity contribution is 7.10. The quantitative estimate of drug-likeness (QED) is 0.858. The minimum absolute atomic E-state index is 0.0583. The van der Waals surface area contributed by atoms with Gasteiger partial charge >= 0.3 is 0 Å². The Labute approximate surface area is 98.5 Å². The van der Waals surface area contributed by atoms with Gasteiger partial charge in [-0.15, -0.1) is 11.3 Å². The first-order valence-electron chi connectivity index (χ1n) is 5.19. The predicted octanol–water partition coefficient (Wildman–Crippen LogP) is 2.43. The van der Waals surface area contributed by atoms with Crippen LogP contribution in [0.15, 0.2) is 34.3 Å². The van der Waals surface area contributed by atoms with Crippen molar-refractivity contribution in [2.24, 2.45) is 5.73 Å². The van der Waals surface area contributed by atoms with E-state index < -0.39 is 6.10 Å². The van der Waals surface area contributed by atoms with E-state index in [1.54, 1.807) is 17.6 Å². The Morgan fingerprint density at radius 1 is 1.56 bits per heavy atom. The molecule has 2 aromatic rings. The zero-order valence-electron chi connectivity index (χ0n) is 9.09. The molecular formula is C12H15NO2S. The van der Waals surface area contributed by atoms with E-state index in [9.17, 15) is 5.11 Å². The lowest BCUT2D eigenvalue weighted by Crippen LogP contribution is -2.18. The first-order chi connectivity index (χ1) is 7.72. The van der Waals surface area contributed by atoms with E-state index in [-0.39, 0.29) is 5.92 Å². The second-order valence-corrected chi connectivity index (χ2v) is 4.77.